The molecule has 1 saturated heterocycles. The number of ether oxygens (including phenoxy) is 1. The smallest absolute Gasteiger partial charge is 0.225 e. The van der Waals surface area contributed by atoms with Crippen LogP contribution in [0.5, 0.6) is 0 Å². The van der Waals surface area contributed by atoms with Crippen molar-refractivity contribution in [2.45, 2.75) is 51.0 Å². The van der Waals surface area contributed by atoms with E-state index in [2.05, 4.69) is 20.9 Å². The maximum absolute atomic E-state index is 13.2. The Morgan fingerprint density at radius 3 is 2.74 bits per heavy atom. The topological polar surface area (TPSA) is 46.8 Å². The molecule has 1 atom stereocenters. The summed E-state index contributed by atoms with van der Waals surface area (Å²) in [4.78, 5) is 21.1. The highest BCUT2D eigenvalue weighted by Gasteiger charge is 2.30. The van der Waals surface area contributed by atoms with Crippen molar-refractivity contribution in [1.29, 1.82) is 0 Å². The van der Waals surface area contributed by atoms with Crippen molar-refractivity contribution in [2.75, 3.05) is 19.7 Å². The van der Waals surface area contributed by atoms with Gasteiger partial charge >= 0.3 is 0 Å². The van der Waals surface area contributed by atoms with Crippen molar-refractivity contribution in [3.05, 3.63) is 46.6 Å². The van der Waals surface area contributed by atoms with Gasteiger partial charge in [-0.2, -0.15) is 0 Å². The summed E-state index contributed by atoms with van der Waals surface area (Å²) in [7, 11) is 0. The third-order valence-electron chi connectivity index (χ3n) is 6.53. The Balaban J connectivity index is 1.31. The number of rotatable bonds is 7. The number of imidazole rings is 1. The van der Waals surface area contributed by atoms with Gasteiger partial charge in [0.25, 0.3) is 0 Å². The summed E-state index contributed by atoms with van der Waals surface area (Å²) in [6.07, 6.45) is 9.70. The molecule has 2 aromatic heterocycles. The highest BCUT2D eigenvalue weighted by atomic mass is 35.5. The van der Waals surface area contributed by atoms with Gasteiger partial charge in [-0.3, -0.25) is 9.20 Å². The second-order valence-electron chi connectivity index (χ2n) is 8.66. The van der Waals surface area contributed by atoms with E-state index in [-0.39, 0.29) is 12.0 Å². The molecule has 1 unspecified atom stereocenters. The first kappa shape index (κ1) is 21.0. The van der Waals surface area contributed by atoms with Crippen LogP contribution in [0.15, 0.2) is 35.8 Å². The first-order valence-electron chi connectivity index (χ1n) is 11.3. The molecular formula is C24H28ClN3O2S. The average molecular weight is 458 g/mol. The monoisotopic (exact) mass is 457 g/mol. The number of carbonyl (C=O) groups is 1. The molecule has 1 amide bonds. The number of amides is 1. The summed E-state index contributed by atoms with van der Waals surface area (Å²) in [6, 6.07) is 7.78. The highest BCUT2D eigenvalue weighted by molar-refractivity contribution is 7.15. The molecule has 5 rings (SSSR count). The number of carbonyl (C=O) groups excluding carboxylic acids is 1. The largest absolute Gasteiger partial charge is 0.376 e. The first-order valence-corrected chi connectivity index (χ1v) is 12.5. The Hall–Kier alpha value is -1.89. The molecule has 7 heteroatoms. The number of halogens is 1. The van der Waals surface area contributed by atoms with Gasteiger partial charge in [-0.25, -0.2) is 4.98 Å². The highest BCUT2D eigenvalue weighted by Crippen LogP contribution is 2.28. The number of nitrogens with zero attached hydrogens (tertiary/aromatic N) is 3. The van der Waals surface area contributed by atoms with E-state index in [0.29, 0.717) is 5.91 Å². The van der Waals surface area contributed by atoms with Crippen LogP contribution in [0.2, 0.25) is 5.02 Å². The van der Waals surface area contributed by atoms with Crippen LogP contribution in [-0.4, -0.2) is 46.0 Å². The molecule has 0 radical (unpaired) electrons. The van der Waals surface area contributed by atoms with Crippen LogP contribution in [0.3, 0.4) is 0 Å². The fraction of sp³-hybridized carbons (Fsp3) is 0.500. The first-order chi connectivity index (χ1) is 15.2. The van der Waals surface area contributed by atoms with E-state index in [1.165, 1.54) is 18.5 Å². The van der Waals surface area contributed by atoms with E-state index in [4.69, 9.17) is 21.3 Å². The van der Waals surface area contributed by atoms with Gasteiger partial charge in [0.05, 0.1) is 11.8 Å². The summed E-state index contributed by atoms with van der Waals surface area (Å²) in [6.45, 7) is 2.28. The van der Waals surface area contributed by atoms with Gasteiger partial charge < -0.3 is 9.64 Å². The van der Waals surface area contributed by atoms with Crippen LogP contribution in [0.4, 0.5) is 0 Å². The van der Waals surface area contributed by atoms with Crippen LogP contribution in [0.1, 0.15) is 44.2 Å². The summed E-state index contributed by atoms with van der Waals surface area (Å²) >= 11 is 7.67. The zero-order valence-electron chi connectivity index (χ0n) is 17.6. The maximum Gasteiger partial charge on any atom is 0.225 e. The quantitative estimate of drug-likeness (QED) is 0.473. The lowest BCUT2D eigenvalue weighted by atomic mass is 10.1. The van der Waals surface area contributed by atoms with Crippen molar-refractivity contribution in [1.82, 2.24) is 14.3 Å². The minimum Gasteiger partial charge on any atom is -0.376 e. The second-order valence-corrected chi connectivity index (χ2v) is 9.94. The average Bonchev–Trinajstić information content (AvgIpc) is 3.57. The number of hydrogen-bond donors (Lipinski definition) is 0. The standard InChI is InChI=1S/C24H28ClN3O2S/c25-19-9-7-17(8-10-19)22-15-28-20(16-31-24(28)26-22)11-12-27(14-21-6-3-13-30-21)23(29)18-4-1-2-5-18/h7-10,15-16,18,21H,1-6,11-14H2. The van der Waals surface area contributed by atoms with Crippen LogP contribution in [-0.2, 0) is 16.0 Å². The summed E-state index contributed by atoms with van der Waals surface area (Å²) < 4.78 is 8.01. The summed E-state index contributed by atoms with van der Waals surface area (Å²) in [5, 5.41) is 2.89. The summed E-state index contributed by atoms with van der Waals surface area (Å²) in [5.41, 5.74) is 3.20. The number of fused-ring (bicyclic) bond motifs is 1. The molecule has 0 spiro atoms. The molecule has 0 N–H and O–H groups in total. The fourth-order valence-electron chi connectivity index (χ4n) is 4.77. The Morgan fingerprint density at radius 2 is 2.00 bits per heavy atom. The third-order valence-corrected chi connectivity index (χ3v) is 7.67. The predicted octanol–water partition coefficient (Wildman–Crippen LogP) is 5.46. The number of thiazole rings is 1. The predicted molar refractivity (Wildman–Crippen MR) is 125 cm³/mol. The van der Waals surface area contributed by atoms with Gasteiger partial charge in [0, 0.05) is 59.9 Å². The maximum atomic E-state index is 13.2. The second kappa shape index (κ2) is 9.31. The molecule has 5 nitrogen and oxygen atoms in total. The van der Waals surface area contributed by atoms with E-state index in [9.17, 15) is 4.79 Å². The lowest BCUT2D eigenvalue weighted by Crippen LogP contribution is -2.41. The van der Waals surface area contributed by atoms with Crippen LogP contribution in [0, 0.1) is 5.92 Å². The lowest BCUT2D eigenvalue weighted by molar-refractivity contribution is -0.136. The van der Waals surface area contributed by atoms with Crippen molar-refractivity contribution in [2.24, 2.45) is 5.92 Å². The minimum atomic E-state index is 0.192. The molecule has 164 valence electrons. The number of benzene rings is 1. The molecular weight excluding hydrogens is 430 g/mol. The summed E-state index contributed by atoms with van der Waals surface area (Å²) in [5.74, 6) is 0.528. The van der Waals surface area contributed by atoms with Gasteiger partial charge in [-0.05, 0) is 37.8 Å². The molecule has 0 bridgehead atoms. The number of aromatic nitrogens is 2. The number of hydrogen-bond acceptors (Lipinski definition) is 4. The molecule has 31 heavy (non-hydrogen) atoms. The zero-order chi connectivity index (χ0) is 21.2. The van der Waals surface area contributed by atoms with Gasteiger partial charge in [0.2, 0.25) is 5.91 Å². The van der Waals surface area contributed by atoms with Gasteiger partial charge in [-0.1, -0.05) is 36.6 Å². The van der Waals surface area contributed by atoms with Crippen LogP contribution >= 0.6 is 22.9 Å². The third kappa shape index (κ3) is 4.66. The molecule has 1 aliphatic heterocycles. The Morgan fingerprint density at radius 1 is 1.19 bits per heavy atom. The molecule has 1 saturated carbocycles. The Labute approximate surface area is 192 Å². The molecule has 1 aromatic carbocycles. The molecule has 3 aromatic rings. The van der Waals surface area contributed by atoms with Gasteiger partial charge in [-0.15, -0.1) is 11.3 Å². The van der Waals surface area contributed by atoms with E-state index in [0.717, 1.165) is 73.0 Å². The fourth-order valence-corrected chi connectivity index (χ4v) is 5.81. The van der Waals surface area contributed by atoms with Crippen LogP contribution < -0.4 is 0 Å². The molecule has 3 heterocycles. The van der Waals surface area contributed by atoms with Crippen molar-refractivity contribution in [3.8, 4) is 11.3 Å². The molecule has 2 aliphatic rings. The Kier molecular flexibility index (Phi) is 6.30. The van der Waals surface area contributed by atoms with Crippen molar-refractivity contribution < 1.29 is 9.53 Å². The van der Waals surface area contributed by atoms with E-state index >= 15 is 0 Å². The Bertz CT molecular complexity index is 1030. The lowest BCUT2D eigenvalue weighted by Gasteiger charge is -2.28. The van der Waals surface area contributed by atoms with E-state index in [1.54, 1.807) is 11.3 Å². The van der Waals surface area contributed by atoms with Crippen LogP contribution in [0.25, 0.3) is 16.2 Å². The SMILES string of the molecule is O=C(C1CCCC1)N(CCc1csc2nc(-c3ccc(Cl)cc3)cn12)CC1CCCO1. The van der Waals surface area contributed by atoms with Crippen molar-refractivity contribution in [3.63, 3.8) is 0 Å². The molecule has 2 fully saturated rings. The normalized spacial score (nSPS) is 19.5. The molecule has 1 aliphatic carbocycles. The minimum absolute atomic E-state index is 0.192. The van der Waals surface area contributed by atoms with Gasteiger partial charge in [0.1, 0.15) is 0 Å². The van der Waals surface area contributed by atoms with E-state index in [1.807, 2.05) is 24.3 Å². The zero-order valence-corrected chi connectivity index (χ0v) is 19.2. The van der Waals surface area contributed by atoms with Crippen molar-refractivity contribution >= 4 is 33.8 Å². The van der Waals surface area contributed by atoms with Gasteiger partial charge in [0.15, 0.2) is 4.96 Å². The van der Waals surface area contributed by atoms with E-state index < -0.39 is 0 Å².